The average molecular weight is 571 g/mol. The summed E-state index contributed by atoms with van der Waals surface area (Å²) in [6.07, 6.45) is 5.25. The van der Waals surface area contributed by atoms with Crippen molar-refractivity contribution in [3.63, 3.8) is 0 Å². The molecule has 0 spiro atoms. The molecule has 1 atom stereocenters. The third kappa shape index (κ3) is 4.35. The Labute approximate surface area is 241 Å². The predicted molar refractivity (Wildman–Crippen MR) is 166 cm³/mol. The Hall–Kier alpha value is -3.94. The minimum absolute atomic E-state index is 0.0207. The lowest BCUT2D eigenvalue weighted by molar-refractivity contribution is -0.384. The topological polar surface area (TPSA) is 86.8 Å². The van der Waals surface area contributed by atoms with Gasteiger partial charge >= 0.3 is 0 Å². The largest absolute Gasteiger partial charge is 0.494 e. The molecular formula is C31H35N6O3P. The summed E-state index contributed by atoms with van der Waals surface area (Å²) in [5.74, 6) is 0.499. The third-order valence-electron chi connectivity index (χ3n) is 8.32. The summed E-state index contributed by atoms with van der Waals surface area (Å²) in [6, 6.07) is 23.3. The lowest BCUT2D eigenvalue weighted by Crippen LogP contribution is -2.34. The summed E-state index contributed by atoms with van der Waals surface area (Å²) in [5.41, 5.74) is 4.62. The number of nitrogens with zero attached hydrogens (tertiary/aromatic N) is 6. The number of allylic oxidation sites excluding steroid dienone is 2. The molecule has 0 radical (unpaired) electrons. The number of hydrogen-bond donors (Lipinski definition) is 0. The minimum Gasteiger partial charge on any atom is -0.494 e. The highest BCUT2D eigenvalue weighted by atomic mass is 31.2. The maximum absolute atomic E-state index is 11.9. The van der Waals surface area contributed by atoms with E-state index in [1.807, 2.05) is 24.4 Å². The zero-order valence-electron chi connectivity index (χ0n) is 23.9. The minimum atomic E-state index is -2.87. The van der Waals surface area contributed by atoms with Crippen LogP contribution in [0.1, 0.15) is 38.7 Å². The van der Waals surface area contributed by atoms with Crippen LogP contribution in [0.2, 0.25) is 0 Å². The number of rotatable bonds is 5. The number of ether oxygens (including phenoxy) is 1. The van der Waals surface area contributed by atoms with Gasteiger partial charge in [0.1, 0.15) is 11.4 Å². The quantitative estimate of drug-likeness (QED) is 0.176. The van der Waals surface area contributed by atoms with E-state index < -0.39 is 7.36 Å². The van der Waals surface area contributed by atoms with E-state index in [0.717, 1.165) is 54.7 Å². The number of nitro groups is 1. The van der Waals surface area contributed by atoms with E-state index in [1.165, 1.54) is 17.7 Å². The molecule has 0 aromatic heterocycles. The summed E-state index contributed by atoms with van der Waals surface area (Å²) >= 11 is 0. The van der Waals surface area contributed by atoms with Crippen LogP contribution in [0.4, 0.5) is 22.7 Å². The van der Waals surface area contributed by atoms with Gasteiger partial charge in [-0.05, 0) is 42.7 Å². The van der Waals surface area contributed by atoms with Crippen LogP contribution in [-0.2, 0) is 5.41 Å². The van der Waals surface area contributed by atoms with Crippen molar-refractivity contribution in [2.45, 2.75) is 38.5 Å². The van der Waals surface area contributed by atoms with Crippen LogP contribution in [0.15, 0.2) is 93.7 Å². The molecule has 0 bridgehead atoms. The van der Waals surface area contributed by atoms with Crippen molar-refractivity contribution in [3.05, 3.63) is 99.5 Å². The highest BCUT2D eigenvalue weighted by molar-refractivity contribution is 7.71. The molecule has 212 valence electrons. The molecule has 0 saturated carbocycles. The number of nitro benzene ring substituents is 1. The second-order valence-electron chi connectivity index (χ2n) is 11.1. The lowest BCUT2D eigenvalue weighted by atomic mass is 9.84. The Kier molecular flexibility index (Phi) is 6.96. The molecule has 3 aromatic carbocycles. The number of benzene rings is 3. The first-order chi connectivity index (χ1) is 19.8. The highest BCUT2D eigenvalue weighted by Crippen LogP contribution is 2.71. The van der Waals surface area contributed by atoms with Gasteiger partial charge in [0.15, 0.2) is 7.36 Å². The number of hydrogen-bond acceptors (Lipinski definition) is 6. The number of hydrazone groups is 1. The van der Waals surface area contributed by atoms with Crippen LogP contribution < -0.4 is 14.4 Å². The molecule has 0 amide bonds. The Morgan fingerprint density at radius 1 is 1.00 bits per heavy atom. The van der Waals surface area contributed by atoms with Crippen LogP contribution in [0.25, 0.3) is 0 Å². The molecule has 41 heavy (non-hydrogen) atoms. The highest BCUT2D eigenvalue weighted by Gasteiger charge is 2.50. The molecule has 6 rings (SSSR count). The number of methoxy groups -OCH3 is 1. The predicted octanol–water partition coefficient (Wildman–Crippen LogP) is 7.90. The summed E-state index contributed by atoms with van der Waals surface area (Å²) in [4.78, 5) is 13.8. The zero-order valence-corrected chi connectivity index (χ0v) is 24.8. The second-order valence-corrected chi connectivity index (χ2v) is 13.9. The van der Waals surface area contributed by atoms with Gasteiger partial charge in [-0.15, -0.1) is 0 Å². The van der Waals surface area contributed by atoms with E-state index in [2.05, 4.69) is 71.6 Å². The third-order valence-corrected chi connectivity index (χ3v) is 11.8. The van der Waals surface area contributed by atoms with Crippen LogP contribution in [0.5, 0.6) is 5.75 Å². The number of piperidine rings is 1. The molecule has 3 aromatic rings. The Bertz CT molecular complexity index is 1610. The summed E-state index contributed by atoms with van der Waals surface area (Å²) in [5, 5.41) is 18.0. The first-order valence-corrected chi connectivity index (χ1v) is 15.6. The molecule has 1 saturated heterocycles. The van der Waals surface area contributed by atoms with Gasteiger partial charge in [0.05, 0.1) is 29.2 Å². The molecule has 3 heterocycles. The maximum atomic E-state index is 11.9. The molecule has 10 heteroatoms. The van der Waals surface area contributed by atoms with Crippen molar-refractivity contribution >= 4 is 36.3 Å². The first-order valence-electron chi connectivity index (χ1n) is 14.0. The average Bonchev–Trinajstić information content (AvgIpc) is 3.45. The van der Waals surface area contributed by atoms with Crippen molar-refractivity contribution in [3.8, 4) is 5.75 Å². The fourth-order valence-electron chi connectivity index (χ4n) is 6.42. The summed E-state index contributed by atoms with van der Waals surface area (Å²) < 4.78 is 15.9. The van der Waals surface area contributed by atoms with E-state index in [0.29, 0.717) is 11.4 Å². The molecule has 3 aliphatic heterocycles. The monoisotopic (exact) mass is 570 g/mol. The zero-order chi connectivity index (χ0) is 28.8. The van der Waals surface area contributed by atoms with Gasteiger partial charge in [0.2, 0.25) is 0 Å². The fraction of sp³-hybridized carbons (Fsp3) is 0.323. The molecule has 1 fully saturated rings. The van der Waals surface area contributed by atoms with Crippen LogP contribution in [0.3, 0.4) is 0 Å². The second kappa shape index (κ2) is 10.5. The molecule has 0 N–H and O–H groups in total. The number of anilines is 2. The van der Waals surface area contributed by atoms with E-state index in [9.17, 15) is 10.1 Å². The van der Waals surface area contributed by atoms with Crippen LogP contribution >= 0.6 is 7.36 Å². The lowest BCUT2D eigenvalue weighted by Gasteiger charge is -2.43. The van der Waals surface area contributed by atoms with Gasteiger partial charge in [0, 0.05) is 49.1 Å². The van der Waals surface area contributed by atoms with E-state index in [1.54, 1.807) is 13.2 Å². The van der Waals surface area contributed by atoms with Crippen molar-refractivity contribution < 1.29 is 9.66 Å². The van der Waals surface area contributed by atoms with Crippen LogP contribution in [-0.4, -0.2) is 43.1 Å². The summed E-state index contributed by atoms with van der Waals surface area (Å²) in [7, 11) is 0.832. The molecule has 9 nitrogen and oxygen atoms in total. The molecule has 0 aliphatic carbocycles. The van der Waals surface area contributed by atoms with E-state index in [-0.39, 0.29) is 16.0 Å². The van der Waals surface area contributed by atoms with Crippen molar-refractivity contribution in [1.82, 2.24) is 4.67 Å². The van der Waals surface area contributed by atoms with Gasteiger partial charge in [-0.3, -0.25) is 10.1 Å². The van der Waals surface area contributed by atoms with Gasteiger partial charge in [-0.25, -0.2) is 14.2 Å². The number of non-ortho nitro benzene ring substituents is 1. The van der Waals surface area contributed by atoms with Crippen molar-refractivity contribution in [2.75, 3.05) is 36.9 Å². The standard InChI is InChI=1S/C31H35N6O3P/c1-31(2)25-15-9-10-16-27(25)34(3)30(31)29-22-32-36(23-13-7-5-8-14-23)41(29,35-19-11-6-12-20-35)33-26-21-24(37(38)39)17-18-28(26)40-4/h5,7-10,13-18,21-22H,6,11-12,19-20H2,1-4H3/b30-29+. The number of likely N-dealkylation sites (N-methyl/N-ethyl adjacent to an activating group) is 1. The van der Waals surface area contributed by atoms with Gasteiger partial charge < -0.3 is 9.64 Å². The summed E-state index contributed by atoms with van der Waals surface area (Å²) in [6.45, 7) is 6.23. The normalized spacial score (nSPS) is 23.5. The Morgan fingerprint density at radius 2 is 1.71 bits per heavy atom. The Balaban J connectivity index is 1.73. The molecular weight excluding hydrogens is 535 g/mol. The number of para-hydroxylation sites is 2. The van der Waals surface area contributed by atoms with Crippen LogP contribution in [0, 0.1) is 10.1 Å². The SMILES string of the molecule is COc1ccc([N+](=O)[O-])cc1N=P1(N2CCCCC2)/C(=C2/N(C)c3ccccc3C2(C)C)C=NN1c1ccccc1. The number of fused-ring (bicyclic) bond motifs is 1. The van der Waals surface area contributed by atoms with Gasteiger partial charge in [0.25, 0.3) is 5.69 Å². The van der Waals surface area contributed by atoms with Crippen molar-refractivity contribution in [2.24, 2.45) is 9.85 Å². The smallest absolute Gasteiger partial charge is 0.271 e. The Morgan fingerprint density at radius 3 is 2.39 bits per heavy atom. The van der Waals surface area contributed by atoms with E-state index >= 15 is 0 Å². The van der Waals surface area contributed by atoms with E-state index in [4.69, 9.17) is 14.6 Å². The first kappa shape index (κ1) is 27.2. The maximum Gasteiger partial charge on any atom is 0.271 e. The fourth-order valence-corrected chi connectivity index (χ4v) is 10.4. The van der Waals surface area contributed by atoms with Gasteiger partial charge in [-0.1, -0.05) is 56.7 Å². The molecule has 3 aliphatic rings. The van der Waals surface area contributed by atoms with Crippen molar-refractivity contribution in [1.29, 1.82) is 0 Å². The van der Waals surface area contributed by atoms with Gasteiger partial charge in [-0.2, -0.15) is 5.10 Å². The molecule has 1 unspecified atom stereocenters.